The minimum atomic E-state index is -0.387. The van der Waals surface area contributed by atoms with Crippen LogP contribution >= 0.6 is 0 Å². The van der Waals surface area contributed by atoms with Crippen LogP contribution in [0.4, 0.5) is 4.39 Å². The first-order valence-electron chi connectivity index (χ1n) is 12.5. The lowest BCUT2D eigenvalue weighted by Gasteiger charge is -2.39. The summed E-state index contributed by atoms with van der Waals surface area (Å²) in [6.45, 7) is 4.58. The fourth-order valence-corrected chi connectivity index (χ4v) is 4.55. The number of aromatic nitrogens is 1. The molecule has 4 aromatic rings. The first-order valence-corrected chi connectivity index (χ1v) is 12.5. The molecule has 38 heavy (non-hydrogen) atoms. The topological polar surface area (TPSA) is 97.8 Å². The number of fused-ring (bicyclic) bond motifs is 1. The Balaban J connectivity index is 1.32. The predicted octanol–water partition coefficient (Wildman–Crippen LogP) is 5.05. The van der Waals surface area contributed by atoms with Crippen LogP contribution in [0.5, 0.6) is 5.75 Å². The first-order chi connectivity index (χ1) is 18.4. The van der Waals surface area contributed by atoms with Crippen LogP contribution in [0.3, 0.4) is 0 Å². The molecule has 0 unspecified atom stereocenters. The van der Waals surface area contributed by atoms with E-state index in [1.807, 2.05) is 36.9 Å². The van der Waals surface area contributed by atoms with Crippen LogP contribution in [-0.2, 0) is 24.4 Å². The van der Waals surface area contributed by atoms with Crippen LogP contribution in [0.2, 0.25) is 0 Å². The number of benzene rings is 2. The highest BCUT2D eigenvalue weighted by atomic mass is 19.1. The summed E-state index contributed by atoms with van der Waals surface area (Å²) < 4.78 is 30.3. The number of carbonyl (C=O) groups is 2. The lowest BCUT2D eigenvalue weighted by molar-refractivity contribution is -0.136. The minimum absolute atomic E-state index is 0.0140. The van der Waals surface area contributed by atoms with Crippen molar-refractivity contribution in [3.63, 3.8) is 0 Å². The minimum Gasteiger partial charge on any atom is -0.484 e. The molecule has 1 aliphatic rings. The van der Waals surface area contributed by atoms with Crippen LogP contribution in [0, 0.1) is 11.7 Å². The summed E-state index contributed by atoms with van der Waals surface area (Å²) >= 11 is 0. The van der Waals surface area contributed by atoms with Crippen molar-refractivity contribution in [2.24, 2.45) is 5.92 Å². The fourth-order valence-electron chi connectivity index (χ4n) is 4.55. The maximum Gasteiger partial charge on any atom is 0.273 e. The maximum absolute atomic E-state index is 13.7. The third-order valence-corrected chi connectivity index (χ3v) is 6.46. The van der Waals surface area contributed by atoms with E-state index >= 15 is 0 Å². The number of oxazole rings is 1. The smallest absolute Gasteiger partial charge is 0.273 e. The summed E-state index contributed by atoms with van der Waals surface area (Å²) in [4.78, 5) is 31.5. The molecule has 0 bridgehead atoms. The van der Waals surface area contributed by atoms with E-state index in [1.165, 1.54) is 24.7 Å². The van der Waals surface area contributed by atoms with Crippen molar-refractivity contribution in [3.8, 4) is 5.75 Å². The summed E-state index contributed by atoms with van der Waals surface area (Å²) in [7, 11) is 0. The number of nitrogens with one attached hydrogen (secondary N) is 1. The molecule has 3 heterocycles. The lowest BCUT2D eigenvalue weighted by atomic mass is 9.87. The number of carbonyl (C=O) groups excluding carboxylic acids is 2. The number of ether oxygens (including phenoxy) is 1. The van der Waals surface area contributed by atoms with Gasteiger partial charge in [-0.2, -0.15) is 0 Å². The number of halogens is 1. The highest BCUT2D eigenvalue weighted by Crippen LogP contribution is 2.38. The second kappa shape index (κ2) is 10.9. The van der Waals surface area contributed by atoms with Gasteiger partial charge in [0.05, 0.1) is 18.8 Å². The molecule has 0 radical (unpaired) electrons. The summed E-state index contributed by atoms with van der Waals surface area (Å²) in [5.74, 6) is 0.592. The number of hydrogen-bond acceptors (Lipinski definition) is 6. The Morgan fingerprint density at radius 2 is 1.97 bits per heavy atom. The number of rotatable bonds is 8. The van der Waals surface area contributed by atoms with Crippen molar-refractivity contribution < 1.29 is 27.6 Å². The molecule has 0 fully saturated rings. The SMILES string of the molecule is CC(C)C(=O)N1CCc2ccc(OCc3nc(C(=O)NCc4ccco4)co3)cc2[C@@H]1c1ccc(F)cc1. The largest absolute Gasteiger partial charge is 0.484 e. The first kappa shape index (κ1) is 25.3. The number of nitrogens with zero attached hydrogens (tertiary/aromatic N) is 2. The van der Waals surface area contributed by atoms with Crippen LogP contribution in [0.25, 0.3) is 0 Å². The molecule has 196 valence electrons. The Morgan fingerprint density at radius 1 is 1.16 bits per heavy atom. The molecule has 0 spiro atoms. The Hall–Kier alpha value is -4.40. The van der Waals surface area contributed by atoms with Gasteiger partial charge in [-0.3, -0.25) is 9.59 Å². The average molecular weight is 518 g/mol. The molecule has 2 aromatic heterocycles. The van der Waals surface area contributed by atoms with Gasteiger partial charge in [-0.1, -0.05) is 32.0 Å². The van der Waals surface area contributed by atoms with E-state index in [0.717, 1.165) is 16.7 Å². The fraction of sp³-hybridized carbons (Fsp3) is 0.276. The highest BCUT2D eigenvalue weighted by molar-refractivity contribution is 5.91. The Morgan fingerprint density at radius 3 is 2.71 bits per heavy atom. The van der Waals surface area contributed by atoms with Crippen molar-refractivity contribution in [2.75, 3.05) is 6.54 Å². The molecule has 1 atom stereocenters. The summed E-state index contributed by atoms with van der Waals surface area (Å²) in [5, 5.41) is 2.72. The van der Waals surface area contributed by atoms with E-state index in [4.69, 9.17) is 13.6 Å². The molecule has 0 saturated heterocycles. The maximum atomic E-state index is 13.7. The highest BCUT2D eigenvalue weighted by Gasteiger charge is 2.33. The van der Waals surface area contributed by atoms with Crippen molar-refractivity contribution in [1.29, 1.82) is 0 Å². The van der Waals surface area contributed by atoms with Gasteiger partial charge in [-0.15, -0.1) is 0 Å². The van der Waals surface area contributed by atoms with Gasteiger partial charge in [0, 0.05) is 12.5 Å². The Labute approximate surface area is 219 Å². The van der Waals surface area contributed by atoms with E-state index in [0.29, 0.717) is 24.5 Å². The van der Waals surface area contributed by atoms with E-state index in [-0.39, 0.29) is 54.3 Å². The molecule has 1 N–H and O–H groups in total. The van der Waals surface area contributed by atoms with E-state index in [1.54, 1.807) is 24.3 Å². The predicted molar refractivity (Wildman–Crippen MR) is 136 cm³/mol. The van der Waals surface area contributed by atoms with Crippen LogP contribution < -0.4 is 10.1 Å². The van der Waals surface area contributed by atoms with E-state index in [9.17, 15) is 14.0 Å². The number of hydrogen-bond donors (Lipinski definition) is 1. The normalized spacial score (nSPS) is 14.8. The van der Waals surface area contributed by atoms with E-state index < -0.39 is 0 Å². The zero-order chi connectivity index (χ0) is 26.6. The quantitative estimate of drug-likeness (QED) is 0.352. The van der Waals surface area contributed by atoms with Gasteiger partial charge >= 0.3 is 0 Å². The zero-order valence-corrected chi connectivity index (χ0v) is 21.1. The molecular formula is C29H28FN3O5. The Bertz CT molecular complexity index is 1410. The van der Waals surface area contributed by atoms with Gasteiger partial charge < -0.3 is 23.8 Å². The molecule has 2 amide bonds. The third kappa shape index (κ3) is 5.46. The van der Waals surface area contributed by atoms with Crippen LogP contribution in [0.15, 0.2) is 76.0 Å². The summed E-state index contributed by atoms with van der Waals surface area (Å²) in [6, 6.07) is 15.2. The van der Waals surface area contributed by atoms with Gasteiger partial charge in [0.25, 0.3) is 5.91 Å². The lowest BCUT2D eigenvalue weighted by Crippen LogP contribution is -2.42. The number of amides is 2. The standard InChI is InChI=1S/C29H28FN3O5/c1-18(2)29(35)33-12-11-19-7-10-22(14-24(19)27(33)20-5-8-21(30)9-6-20)37-17-26-32-25(16-38-26)28(34)31-15-23-4-3-13-36-23/h3-10,13-14,16,18,27H,11-12,15,17H2,1-2H3,(H,31,34)/t27-/m0/s1. The van der Waals surface area contributed by atoms with Crippen LogP contribution in [-0.4, -0.2) is 28.2 Å². The molecule has 0 aliphatic carbocycles. The van der Waals surface area contributed by atoms with Gasteiger partial charge in [0.15, 0.2) is 12.3 Å². The molecule has 8 nitrogen and oxygen atoms in total. The van der Waals surface area contributed by atoms with Gasteiger partial charge in [-0.25, -0.2) is 9.37 Å². The molecule has 0 saturated carbocycles. The number of furan rings is 1. The summed E-state index contributed by atoms with van der Waals surface area (Å²) in [5.41, 5.74) is 3.00. The second-order valence-electron chi connectivity index (χ2n) is 9.43. The van der Waals surface area contributed by atoms with Gasteiger partial charge in [0.2, 0.25) is 11.8 Å². The van der Waals surface area contributed by atoms with Crippen molar-refractivity contribution in [3.05, 3.63) is 107 Å². The molecular weight excluding hydrogens is 489 g/mol. The average Bonchev–Trinajstić information content (AvgIpc) is 3.62. The molecule has 1 aliphatic heterocycles. The third-order valence-electron chi connectivity index (χ3n) is 6.46. The van der Waals surface area contributed by atoms with Crippen molar-refractivity contribution >= 4 is 11.8 Å². The van der Waals surface area contributed by atoms with Crippen molar-refractivity contribution in [1.82, 2.24) is 15.2 Å². The molecule has 5 rings (SSSR count). The van der Waals surface area contributed by atoms with Crippen molar-refractivity contribution in [2.45, 2.75) is 39.5 Å². The van der Waals surface area contributed by atoms with Crippen LogP contribution in [0.1, 0.15) is 58.7 Å². The second-order valence-corrected chi connectivity index (χ2v) is 9.43. The Kier molecular flexibility index (Phi) is 7.26. The van der Waals surface area contributed by atoms with E-state index in [2.05, 4.69) is 10.3 Å². The zero-order valence-electron chi connectivity index (χ0n) is 21.1. The monoisotopic (exact) mass is 517 g/mol. The molecule has 2 aromatic carbocycles. The van der Waals surface area contributed by atoms with Gasteiger partial charge in [-0.05, 0) is 59.5 Å². The summed E-state index contributed by atoms with van der Waals surface area (Å²) in [6.07, 6.45) is 3.53. The van der Waals surface area contributed by atoms with Gasteiger partial charge in [0.1, 0.15) is 23.6 Å². The molecule has 9 heteroatoms.